The number of rotatable bonds is 15. The molecule has 0 bridgehead atoms. The number of ether oxygens (including phenoxy) is 2. The van der Waals surface area contributed by atoms with Gasteiger partial charge in [-0.05, 0) is 27.2 Å². The summed E-state index contributed by atoms with van der Waals surface area (Å²) in [5, 5.41) is 0. The number of carbonyl (C=O) groups is 1. The van der Waals surface area contributed by atoms with E-state index >= 15 is 0 Å². The normalized spacial score (nSPS) is 12.6. The van der Waals surface area contributed by atoms with Gasteiger partial charge in [-0.15, -0.1) is 0 Å². The zero-order chi connectivity index (χ0) is 16.6. The maximum atomic E-state index is 11.6. The molecule has 0 saturated carbocycles. The summed E-state index contributed by atoms with van der Waals surface area (Å²) < 4.78 is 10.6. The molecular formula is C19H38O3. The van der Waals surface area contributed by atoms with Crippen molar-refractivity contribution in [2.45, 2.75) is 117 Å². The summed E-state index contributed by atoms with van der Waals surface area (Å²) in [5.74, 6) is -0.135. The summed E-state index contributed by atoms with van der Waals surface area (Å²) in [6.07, 6.45) is 14.4. The van der Waals surface area contributed by atoms with Crippen molar-refractivity contribution in [1.29, 1.82) is 0 Å². The van der Waals surface area contributed by atoms with Gasteiger partial charge >= 0.3 is 5.97 Å². The molecule has 0 fully saturated rings. The summed E-state index contributed by atoms with van der Waals surface area (Å²) in [5.41, 5.74) is 0. The highest BCUT2D eigenvalue weighted by molar-refractivity contribution is 5.69. The minimum Gasteiger partial charge on any atom is -0.436 e. The molecule has 0 spiro atoms. The van der Waals surface area contributed by atoms with Crippen LogP contribution in [0.5, 0.6) is 0 Å². The third-order valence-electron chi connectivity index (χ3n) is 3.75. The predicted octanol–water partition coefficient (Wildman–Crippen LogP) is 6.00. The first-order valence-electron chi connectivity index (χ1n) is 9.41. The number of unbranched alkanes of at least 4 members (excludes halogenated alkanes) is 10. The highest BCUT2D eigenvalue weighted by Gasteiger charge is 2.10. The van der Waals surface area contributed by atoms with Gasteiger partial charge in [0, 0.05) is 6.42 Å². The largest absolute Gasteiger partial charge is 0.436 e. The first-order valence-corrected chi connectivity index (χ1v) is 9.41. The summed E-state index contributed by atoms with van der Waals surface area (Å²) in [4.78, 5) is 11.6. The Balaban J connectivity index is 3.26. The average molecular weight is 315 g/mol. The molecule has 0 aliphatic rings. The van der Waals surface area contributed by atoms with Crippen LogP contribution in [0.4, 0.5) is 0 Å². The van der Waals surface area contributed by atoms with Gasteiger partial charge in [0.05, 0.1) is 6.10 Å². The first-order chi connectivity index (χ1) is 10.6. The number of hydrogen-bond acceptors (Lipinski definition) is 3. The molecule has 132 valence electrons. The number of esters is 1. The van der Waals surface area contributed by atoms with E-state index in [9.17, 15) is 4.79 Å². The molecule has 0 rings (SSSR count). The highest BCUT2D eigenvalue weighted by Crippen LogP contribution is 2.12. The van der Waals surface area contributed by atoms with E-state index in [2.05, 4.69) is 6.92 Å². The first kappa shape index (κ1) is 21.4. The molecule has 1 atom stereocenters. The van der Waals surface area contributed by atoms with E-state index < -0.39 is 6.29 Å². The smallest absolute Gasteiger partial charge is 0.308 e. The fourth-order valence-electron chi connectivity index (χ4n) is 2.59. The molecule has 0 aromatic rings. The highest BCUT2D eigenvalue weighted by atomic mass is 16.7. The topological polar surface area (TPSA) is 35.5 Å². The second kappa shape index (κ2) is 15.3. The van der Waals surface area contributed by atoms with Gasteiger partial charge in [-0.25, -0.2) is 0 Å². The molecule has 3 nitrogen and oxygen atoms in total. The van der Waals surface area contributed by atoms with Crippen LogP contribution in [-0.4, -0.2) is 18.4 Å². The molecule has 0 saturated heterocycles. The molecule has 1 unspecified atom stereocenters. The van der Waals surface area contributed by atoms with Gasteiger partial charge in [0.15, 0.2) is 6.29 Å². The molecule has 0 radical (unpaired) electrons. The number of carbonyl (C=O) groups excluding carboxylic acids is 1. The van der Waals surface area contributed by atoms with Gasteiger partial charge in [-0.2, -0.15) is 0 Å². The van der Waals surface area contributed by atoms with Gasteiger partial charge in [0.2, 0.25) is 0 Å². The molecule has 0 heterocycles. The fraction of sp³-hybridized carbons (Fsp3) is 0.947. The van der Waals surface area contributed by atoms with Gasteiger partial charge in [0.1, 0.15) is 0 Å². The Morgan fingerprint density at radius 3 is 1.68 bits per heavy atom. The second-order valence-corrected chi connectivity index (χ2v) is 6.53. The molecule has 22 heavy (non-hydrogen) atoms. The number of hydrogen-bond donors (Lipinski definition) is 0. The minimum atomic E-state index is -0.430. The molecule has 0 aromatic carbocycles. The Morgan fingerprint density at radius 2 is 1.23 bits per heavy atom. The lowest BCUT2D eigenvalue weighted by atomic mass is 10.1. The summed E-state index contributed by atoms with van der Waals surface area (Å²) >= 11 is 0. The van der Waals surface area contributed by atoms with E-state index in [0.717, 1.165) is 12.8 Å². The SMILES string of the molecule is CCCCCCCCCCCCCC(=O)OC(C)OC(C)C. The van der Waals surface area contributed by atoms with Crippen LogP contribution >= 0.6 is 0 Å². The van der Waals surface area contributed by atoms with Crippen molar-refractivity contribution in [1.82, 2.24) is 0 Å². The average Bonchev–Trinajstić information content (AvgIpc) is 2.43. The van der Waals surface area contributed by atoms with Gasteiger partial charge in [-0.3, -0.25) is 4.79 Å². The molecule has 0 amide bonds. The zero-order valence-electron chi connectivity index (χ0n) is 15.4. The molecule has 0 N–H and O–H groups in total. The van der Waals surface area contributed by atoms with Gasteiger partial charge < -0.3 is 9.47 Å². The Labute approximate surface area is 138 Å². The fourth-order valence-corrected chi connectivity index (χ4v) is 2.59. The lowest BCUT2D eigenvalue weighted by molar-refractivity contribution is -0.181. The quantitative estimate of drug-likeness (QED) is 0.211. The zero-order valence-corrected chi connectivity index (χ0v) is 15.4. The Kier molecular flexibility index (Phi) is 14.9. The Bertz CT molecular complexity index is 251. The van der Waals surface area contributed by atoms with Crippen molar-refractivity contribution in [2.75, 3.05) is 0 Å². The third-order valence-corrected chi connectivity index (χ3v) is 3.75. The summed E-state index contributed by atoms with van der Waals surface area (Å²) in [7, 11) is 0. The van der Waals surface area contributed by atoms with Crippen LogP contribution in [0, 0.1) is 0 Å². The lowest BCUT2D eigenvalue weighted by Gasteiger charge is -2.16. The standard InChI is InChI=1S/C19H38O3/c1-5-6-7-8-9-10-11-12-13-14-15-16-19(20)22-18(4)21-17(2)3/h17-18H,5-16H2,1-4H3. The van der Waals surface area contributed by atoms with Crippen LogP contribution in [0.25, 0.3) is 0 Å². The third kappa shape index (κ3) is 15.8. The van der Waals surface area contributed by atoms with Crippen molar-refractivity contribution >= 4 is 5.97 Å². The molecular weight excluding hydrogens is 276 g/mol. The van der Waals surface area contributed by atoms with E-state index in [0.29, 0.717) is 6.42 Å². The maximum absolute atomic E-state index is 11.6. The molecule has 0 aromatic heterocycles. The van der Waals surface area contributed by atoms with E-state index in [4.69, 9.17) is 9.47 Å². The van der Waals surface area contributed by atoms with E-state index in [1.807, 2.05) is 13.8 Å². The van der Waals surface area contributed by atoms with Crippen LogP contribution < -0.4 is 0 Å². The van der Waals surface area contributed by atoms with Crippen molar-refractivity contribution in [3.05, 3.63) is 0 Å². The second-order valence-electron chi connectivity index (χ2n) is 6.53. The van der Waals surface area contributed by atoms with Gasteiger partial charge in [0.25, 0.3) is 0 Å². The molecule has 0 aliphatic heterocycles. The maximum Gasteiger partial charge on any atom is 0.308 e. The monoisotopic (exact) mass is 314 g/mol. The van der Waals surface area contributed by atoms with E-state index in [1.54, 1.807) is 6.92 Å². The lowest BCUT2D eigenvalue weighted by Crippen LogP contribution is -2.21. The Morgan fingerprint density at radius 1 is 0.773 bits per heavy atom. The van der Waals surface area contributed by atoms with Gasteiger partial charge in [-0.1, -0.05) is 71.1 Å². The molecule has 3 heteroatoms. The minimum absolute atomic E-state index is 0.0878. The van der Waals surface area contributed by atoms with Crippen molar-refractivity contribution in [3.8, 4) is 0 Å². The summed E-state index contributed by atoms with van der Waals surface area (Å²) in [6, 6.07) is 0. The van der Waals surface area contributed by atoms with E-state index in [-0.39, 0.29) is 12.1 Å². The molecule has 0 aliphatic carbocycles. The van der Waals surface area contributed by atoms with Crippen LogP contribution in [-0.2, 0) is 14.3 Å². The van der Waals surface area contributed by atoms with Crippen molar-refractivity contribution in [3.63, 3.8) is 0 Å². The van der Waals surface area contributed by atoms with Crippen LogP contribution in [0.2, 0.25) is 0 Å². The van der Waals surface area contributed by atoms with Crippen LogP contribution in [0.15, 0.2) is 0 Å². The Hall–Kier alpha value is -0.570. The van der Waals surface area contributed by atoms with Crippen LogP contribution in [0.3, 0.4) is 0 Å². The van der Waals surface area contributed by atoms with Crippen LogP contribution in [0.1, 0.15) is 105 Å². The van der Waals surface area contributed by atoms with Crippen molar-refractivity contribution < 1.29 is 14.3 Å². The van der Waals surface area contributed by atoms with Crippen molar-refractivity contribution in [2.24, 2.45) is 0 Å². The van der Waals surface area contributed by atoms with E-state index in [1.165, 1.54) is 57.8 Å². The summed E-state index contributed by atoms with van der Waals surface area (Å²) in [6.45, 7) is 7.91. The predicted molar refractivity (Wildman–Crippen MR) is 92.9 cm³/mol.